The molecule has 0 aliphatic heterocycles. The van der Waals surface area contributed by atoms with Gasteiger partial charge in [0, 0.05) is 5.69 Å². The highest BCUT2D eigenvalue weighted by atomic mass is 79.9. The van der Waals surface area contributed by atoms with Gasteiger partial charge in [0.25, 0.3) is 0 Å². The number of hydrogen-bond donors (Lipinski definition) is 1. The lowest BCUT2D eigenvalue weighted by Gasteiger charge is -2.07. The average molecular weight is 350 g/mol. The predicted molar refractivity (Wildman–Crippen MR) is 78.0 cm³/mol. The zero-order chi connectivity index (χ0) is 14.3. The molecule has 0 bridgehead atoms. The van der Waals surface area contributed by atoms with Gasteiger partial charge in [-0.1, -0.05) is 29.3 Å². The minimum atomic E-state index is -3.37. The van der Waals surface area contributed by atoms with Crippen LogP contribution in [0.15, 0.2) is 24.3 Å². The minimum Gasteiger partial charge on any atom is -0.462 e. The lowest BCUT2D eigenvalue weighted by molar-refractivity contribution is 0.0500. The number of halogens is 1. The van der Waals surface area contributed by atoms with Crippen LogP contribution < -0.4 is 4.72 Å². The summed E-state index contributed by atoms with van der Waals surface area (Å²) in [7, 11) is -3.37. The normalized spacial score (nSPS) is 11.1. The van der Waals surface area contributed by atoms with Crippen LogP contribution in [-0.2, 0) is 14.8 Å². The maximum atomic E-state index is 11.6. The van der Waals surface area contributed by atoms with Crippen molar-refractivity contribution in [3.8, 4) is 0 Å². The van der Waals surface area contributed by atoms with Gasteiger partial charge in [0.05, 0.1) is 12.2 Å². The van der Waals surface area contributed by atoms with E-state index in [0.29, 0.717) is 17.9 Å². The molecule has 0 saturated carbocycles. The Labute approximate surface area is 121 Å². The Bertz CT molecular complexity index is 513. The number of ether oxygens (including phenoxy) is 1. The third-order valence-electron chi connectivity index (χ3n) is 2.27. The second kappa shape index (κ2) is 7.49. The number of carbonyl (C=O) groups is 1. The van der Waals surface area contributed by atoms with Crippen molar-refractivity contribution in [3.05, 3.63) is 29.8 Å². The van der Waals surface area contributed by atoms with E-state index in [2.05, 4.69) is 20.7 Å². The topological polar surface area (TPSA) is 72.5 Å². The van der Waals surface area contributed by atoms with Gasteiger partial charge in [-0.2, -0.15) is 0 Å². The lowest BCUT2D eigenvalue weighted by atomic mass is 10.2. The first-order valence-corrected chi connectivity index (χ1v) is 8.59. The predicted octanol–water partition coefficient (Wildman–Crippen LogP) is 2.74. The van der Waals surface area contributed by atoms with Crippen LogP contribution in [-0.4, -0.2) is 25.7 Å². The van der Waals surface area contributed by atoms with E-state index in [-0.39, 0.29) is 4.66 Å². The van der Waals surface area contributed by atoms with Gasteiger partial charge in [0.2, 0.25) is 10.0 Å². The molecule has 0 aliphatic rings. The van der Waals surface area contributed by atoms with Crippen molar-refractivity contribution < 1.29 is 17.9 Å². The molecule has 0 unspecified atom stereocenters. The van der Waals surface area contributed by atoms with Crippen LogP contribution in [0.3, 0.4) is 0 Å². The molecule has 0 aliphatic carbocycles. The van der Waals surface area contributed by atoms with Gasteiger partial charge < -0.3 is 4.74 Å². The molecule has 1 aromatic carbocycles. The van der Waals surface area contributed by atoms with Crippen LogP contribution in [0.25, 0.3) is 0 Å². The largest absolute Gasteiger partial charge is 0.462 e. The van der Waals surface area contributed by atoms with Gasteiger partial charge in [-0.3, -0.25) is 4.72 Å². The van der Waals surface area contributed by atoms with E-state index >= 15 is 0 Å². The Balaban J connectivity index is 2.63. The first kappa shape index (κ1) is 16.0. The summed E-state index contributed by atoms with van der Waals surface area (Å²) in [5.41, 5.74) is 0.808. The number of anilines is 1. The summed E-state index contributed by atoms with van der Waals surface area (Å²) in [5.74, 6) is -0.400. The zero-order valence-corrected chi connectivity index (χ0v) is 13.0. The molecule has 7 heteroatoms. The van der Waals surface area contributed by atoms with Crippen molar-refractivity contribution in [3.63, 3.8) is 0 Å². The first-order chi connectivity index (χ1) is 8.98. The maximum absolute atomic E-state index is 11.6. The second-order valence-corrected chi connectivity index (χ2v) is 6.92. The fourth-order valence-electron chi connectivity index (χ4n) is 1.27. The van der Waals surface area contributed by atoms with Crippen molar-refractivity contribution >= 4 is 37.6 Å². The Morgan fingerprint density at radius 1 is 1.32 bits per heavy atom. The molecule has 0 saturated heterocycles. The SMILES string of the molecule is CCCCOC(=O)c1ccc(NS(=O)(=O)CBr)cc1. The summed E-state index contributed by atoms with van der Waals surface area (Å²) in [6.07, 6.45) is 1.79. The van der Waals surface area contributed by atoms with Crippen LogP contribution in [0, 0.1) is 0 Å². The summed E-state index contributed by atoms with van der Waals surface area (Å²) < 4.78 is 29.8. The fourth-order valence-corrected chi connectivity index (χ4v) is 2.17. The molecule has 5 nitrogen and oxygen atoms in total. The summed E-state index contributed by atoms with van der Waals surface area (Å²) in [6.45, 7) is 2.41. The molecule has 0 aromatic heterocycles. The molecule has 106 valence electrons. The van der Waals surface area contributed by atoms with Gasteiger partial charge in [-0.05, 0) is 30.7 Å². The number of carbonyl (C=O) groups excluding carboxylic acids is 1. The van der Waals surface area contributed by atoms with Crippen LogP contribution in [0.4, 0.5) is 5.69 Å². The fraction of sp³-hybridized carbons (Fsp3) is 0.417. The van der Waals surface area contributed by atoms with E-state index in [9.17, 15) is 13.2 Å². The number of benzene rings is 1. The van der Waals surface area contributed by atoms with Crippen molar-refractivity contribution in [2.75, 3.05) is 16.0 Å². The van der Waals surface area contributed by atoms with Crippen LogP contribution in [0.5, 0.6) is 0 Å². The van der Waals surface area contributed by atoms with E-state index in [1.807, 2.05) is 6.92 Å². The number of sulfonamides is 1. The molecule has 0 fully saturated rings. The molecular weight excluding hydrogens is 334 g/mol. The molecule has 1 rings (SSSR count). The van der Waals surface area contributed by atoms with Gasteiger partial charge in [0.1, 0.15) is 4.66 Å². The van der Waals surface area contributed by atoms with Crippen molar-refractivity contribution in [2.45, 2.75) is 19.8 Å². The van der Waals surface area contributed by atoms with E-state index in [0.717, 1.165) is 12.8 Å². The van der Waals surface area contributed by atoms with Gasteiger partial charge >= 0.3 is 5.97 Å². The van der Waals surface area contributed by atoms with E-state index in [1.54, 1.807) is 0 Å². The van der Waals surface area contributed by atoms with Crippen molar-refractivity contribution in [1.82, 2.24) is 0 Å². The lowest BCUT2D eigenvalue weighted by Crippen LogP contribution is -2.13. The van der Waals surface area contributed by atoms with Crippen LogP contribution in [0.1, 0.15) is 30.1 Å². The smallest absolute Gasteiger partial charge is 0.338 e. The highest BCUT2D eigenvalue weighted by molar-refractivity contribution is 9.10. The van der Waals surface area contributed by atoms with Gasteiger partial charge in [-0.25, -0.2) is 13.2 Å². The molecule has 19 heavy (non-hydrogen) atoms. The molecule has 1 N–H and O–H groups in total. The summed E-state index contributed by atoms with van der Waals surface area (Å²) in [6, 6.07) is 6.11. The van der Waals surface area contributed by atoms with E-state index < -0.39 is 16.0 Å². The highest BCUT2D eigenvalue weighted by Crippen LogP contribution is 2.13. The Morgan fingerprint density at radius 2 is 1.95 bits per heavy atom. The molecule has 0 heterocycles. The third kappa shape index (κ3) is 5.61. The van der Waals surface area contributed by atoms with Gasteiger partial charge in [0.15, 0.2) is 0 Å². The number of alkyl halides is 1. The maximum Gasteiger partial charge on any atom is 0.338 e. The number of esters is 1. The third-order valence-corrected chi connectivity index (χ3v) is 4.91. The van der Waals surface area contributed by atoms with Crippen molar-refractivity contribution in [1.29, 1.82) is 0 Å². The average Bonchev–Trinajstić information content (AvgIpc) is 2.39. The minimum absolute atomic E-state index is 0.180. The number of rotatable bonds is 7. The molecule has 0 radical (unpaired) electrons. The second-order valence-electron chi connectivity index (χ2n) is 3.89. The number of hydrogen-bond acceptors (Lipinski definition) is 4. The van der Waals surface area contributed by atoms with Crippen molar-refractivity contribution in [2.24, 2.45) is 0 Å². The molecular formula is C12H16BrNO4S. The van der Waals surface area contributed by atoms with Crippen LogP contribution in [0.2, 0.25) is 0 Å². The number of nitrogens with one attached hydrogen (secondary N) is 1. The quantitative estimate of drug-likeness (QED) is 0.466. The van der Waals surface area contributed by atoms with Gasteiger partial charge in [-0.15, -0.1) is 0 Å². The van der Waals surface area contributed by atoms with E-state index in [4.69, 9.17) is 4.74 Å². The summed E-state index contributed by atoms with van der Waals surface area (Å²) in [5, 5.41) is 0. The Kier molecular flexibility index (Phi) is 6.30. The Hall–Kier alpha value is -1.08. The van der Waals surface area contributed by atoms with E-state index in [1.165, 1.54) is 24.3 Å². The standard InChI is InChI=1S/C12H16BrNO4S/c1-2-3-8-18-12(15)10-4-6-11(7-5-10)14-19(16,17)9-13/h4-7,14H,2-3,8-9H2,1H3. The first-order valence-electron chi connectivity index (χ1n) is 5.82. The molecule has 0 amide bonds. The summed E-state index contributed by atoms with van der Waals surface area (Å²) >= 11 is 2.88. The monoisotopic (exact) mass is 349 g/mol. The van der Waals surface area contributed by atoms with Crippen LogP contribution >= 0.6 is 15.9 Å². The highest BCUT2D eigenvalue weighted by Gasteiger charge is 2.10. The molecule has 0 atom stereocenters. The summed E-state index contributed by atoms with van der Waals surface area (Å²) in [4.78, 5) is 11.6. The Morgan fingerprint density at radius 3 is 2.47 bits per heavy atom. The molecule has 1 aromatic rings. The number of unbranched alkanes of at least 4 members (excludes halogenated alkanes) is 1. The molecule has 0 spiro atoms. The zero-order valence-electron chi connectivity index (χ0n) is 10.6.